The first-order valence-corrected chi connectivity index (χ1v) is 9.69. The summed E-state index contributed by atoms with van der Waals surface area (Å²) < 4.78 is 10.8. The van der Waals surface area contributed by atoms with Crippen LogP contribution in [0.1, 0.15) is 21.5 Å². The predicted octanol–water partition coefficient (Wildman–Crippen LogP) is 2.75. The molecule has 28 heavy (non-hydrogen) atoms. The number of hydrogen-bond acceptors (Lipinski definition) is 5. The van der Waals surface area contributed by atoms with E-state index in [0.717, 1.165) is 61.0 Å². The van der Waals surface area contributed by atoms with Crippen molar-refractivity contribution in [3.8, 4) is 11.5 Å². The molecule has 1 saturated heterocycles. The second kappa shape index (κ2) is 7.72. The van der Waals surface area contributed by atoms with E-state index in [9.17, 15) is 4.79 Å². The maximum Gasteiger partial charge on any atom is 0.253 e. The van der Waals surface area contributed by atoms with Gasteiger partial charge in [0.15, 0.2) is 11.5 Å². The van der Waals surface area contributed by atoms with E-state index in [-0.39, 0.29) is 5.91 Å². The van der Waals surface area contributed by atoms with Crippen molar-refractivity contribution in [2.45, 2.75) is 13.5 Å². The highest BCUT2D eigenvalue weighted by Gasteiger charge is 2.23. The third-order valence-electron chi connectivity index (χ3n) is 5.43. The first-order chi connectivity index (χ1) is 13.5. The molecule has 0 bridgehead atoms. The highest BCUT2D eigenvalue weighted by atomic mass is 16.7. The van der Waals surface area contributed by atoms with E-state index in [0.29, 0.717) is 6.79 Å². The Labute approximate surface area is 166 Å². The van der Waals surface area contributed by atoms with Crippen molar-refractivity contribution >= 4 is 11.6 Å². The van der Waals surface area contributed by atoms with Gasteiger partial charge in [0.05, 0.1) is 0 Å². The van der Waals surface area contributed by atoms with Crippen LogP contribution in [-0.2, 0) is 6.54 Å². The Morgan fingerprint density at radius 3 is 2.46 bits per heavy atom. The minimum Gasteiger partial charge on any atom is -0.454 e. The molecule has 6 heteroatoms. The maximum atomic E-state index is 12.9. The van der Waals surface area contributed by atoms with Crippen LogP contribution in [0, 0.1) is 6.92 Å². The summed E-state index contributed by atoms with van der Waals surface area (Å²) in [5.41, 5.74) is 4.24. The van der Waals surface area contributed by atoms with Gasteiger partial charge in [0, 0.05) is 58.1 Å². The summed E-state index contributed by atoms with van der Waals surface area (Å²) in [5, 5.41) is 0. The van der Waals surface area contributed by atoms with Crippen LogP contribution in [0.4, 0.5) is 5.69 Å². The van der Waals surface area contributed by atoms with Crippen molar-refractivity contribution in [3.05, 3.63) is 53.1 Å². The summed E-state index contributed by atoms with van der Waals surface area (Å²) in [6.45, 7) is 6.44. The minimum absolute atomic E-state index is 0.121. The normalized spacial score (nSPS) is 16.3. The number of amides is 1. The van der Waals surface area contributed by atoms with Crippen LogP contribution in [0.5, 0.6) is 11.5 Å². The first-order valence-electron chi connectivity index (χ1n) is 9.69. The van der Waals surface area contributed by atoms with E-state index < -0.39 is 0 Å². The van der Waals surface area contributed by atoms with Gasteiger partial charge in [0.1, 0.15) is 0 Å². The Kier molecular flexibility index (Phi) is 5.13. The molecule has 148 valence electrons. The van der Waals surface area contributed by atoms with E-state index >= 15 is 0 Å². The zero-order valence-corrected chi connectivity index (χ0v) is 16.8. The summed E-state index contributed by atoms with van der Waals surface area (Å²) in [6, 6.07) is 12.1. The zero-order chi connectivity index (χ0) is 19.7. The average molecular weight is 381 g/mol. The summed E-state index contributed by atoms with van der Waals surface area (Å²) in [5.74, 6) is 1.76. The molecule has 0 spiro atoms. The van der Waals surface area contributed by atoms with Gasteiger partial charge in [-0.15, -0.1) is 0 Å². The number of fused-ring (bicyclic) bond motifs is 1. The van der Waals surface area contributed by atoms with E-state index in [1.165, 1.54) is 5.56 Å². The average Bonchev–Trinajstić information content (AvgIpc) is 3.15. The van der Waals surface area contributed by atoms with Crippen molar-refractivity contribution in [2.24, 2.45) is 0 Å². The number of benzene rings is 2. The molecular weight excluding hydrogens is 354 g/mol. The molecule has 1 fully saturated rings. The van der Waals surface area contributed by atoms with E-state index in [2.05, 4.69) is 28.9 Å². The van der Waals surface area contributed by atoms with E-state index in [1.54, 1.807) is 0 Å². The first kappa shape index (κ1) is 18.6. The number of anilines is 1. The molecule has 2 aromatic carbocycles. The molecule has 6 nitrogen and oxygen atoms in total. The number of carbonyl (C=O) groups is 1. The fourth-order valence-corrected chi connectivity index (χ4v) is 3.88. The molecule has 0 atom stereocenters. The second-order valence-corrected chi connectivity index (χ2v) is 7.65. The van der Waals surface area contributed by atoms with Gasteiger partial charge in [-0.25, -0.2) is 0 Å². The van der Waals surface area contributed by atoms with Crippen LogP contribution < -0.4 is 14.4 Å². The molecule has 0 radical (unpaired) electrons. The van der Waals surface area contributed by atoms with Crippen molar-refractivity contribution < 1.29 is 14.3 Å². The number of piperazine rings is 1. The summed E-state index contributed by atoms with van der Waals surface area (Å²) >= 11 is 0. The molecule has 2 aromatic rings. The second-order valence-electron chi connectivity index (χ2n) is 7.65. The molecule has 2 aliphatic rings. The smallest absolute Gasteiger partial charge is 0.253 e. The number of ether oxygens (including phenoxy) is 2. The Hall–Kier alpha value is -2.73. The van der Waals surface area contributed by atoms with Crippen molar-refractivity contribution in [1.29, 1.82) is 0 Å². The van der Waals surface area contributed by atoms with Crippen LogP contribution in [-0.4, -0.2) is 62.8 Å². The number of nitrogens with zero attached hydrogens (tertiary/aromatic N) is 3. The fraction of sp³-hybridized carbons (Fsp3) is 0.409. The third-order valence-corrected chi connectivity index (χ3v) is 5.43. The molecule has 2 heterocycles. The highest BCUT2D eigenvalue weighted by Crippen LogP contribution is 2.32. The summed E-state index contributed by atoms with van der Waals surface area (Å²) in [7, 11) is 4.03. The van der Waals surface area contributed by atoms with Crippen LogP contribution in [0.2, 0.25) is 0 Å². The van der Waals surface area contributed by atoms with Crippen molar-refractivity contribution in [1.82, 2.24) is 9.80 Å². The monoisotopic (exact) mass is 381 g/mol. The third kappa shape index (κ3) is 3.78. The SMILES string of the molecule is Cc1cc(C(=O)N2CCN(Cc3ccc4c(c3)OCO4)CC2)ccc1N(C)C. The van der Waals surface area contributed by atoms with Gasteiger partial charge in [-0.1, -0.05) is 6.07 Å². The molecule has 0 N–H and O–H groups in total. The van der Waals surface area contributed by atoms with Crippen LogP contribution >= 0.6 is 0 Å². The number of rotatable bonds is 4. The molecule has 0 saturated carbocycles. The lowest BCUT2D eigenvalue weighted by Gasteiger charge is -2.35. The van der Waals surface area contributed by atoms with Gasteiger partial charge in [0.2, 0.25) is 6.79 Å². The lowest BCUT2D eigenvalue weighted by molar-refractivity contribution is 0.0628. The maximum absolute atomic E-state index is 12.9. The van der Waals surface area contributed by atoms with Crippen LogP contribution in [0.25, 0.3) is 0 Å². The molecule has 0 unspecified atom stereocenters. The Morgan fingerprint density at radius 1 is 1.00 bits per heavy atom. The largest absolute Gasteiger partial charge is 0.454 e. The molecule has 0 aliphatic carbocycles. The van der Waals surface area contributed by atoms with Gasteiger partial charge in [0.25, 0.3) is 5.91 Å². The van der Waals surface area contributed by atoms with Gasteiger partial charge >= 0.3 is 0 Å². The van der Waals surface area contributed by atoms with Gasteiger partial charge in [-0.2, -0.15) is 0 Å². The summed E-state index contributed by atoms with van der Waals surface area (Å²) in [4.78, 5) is 19.3. The lowest BCUT2D eigenvalue weighted by atomic mass is 10.1. The van der Waals surface area contributed by atoms with Crippen molar-refractivity contribution in [2.75, 3.05) is 52.0 Å². The van der Waals surface area contributed by atoms with Gasteiger partial charge in [-0.3, -0.25) is 9.69 Å². The molecule has 1 amide bonds. The van der Waals surface area contributed by atoms with Gasteiger partial charge in [-0.05, 0) is 48.4 Å². The Balaban J connectivity index is 1.35. The van der Waals surface area contributed by atoms with Gasteiger partial charge < -0.3 is 19.3 Å². The predicted molar refractivity (Wildman–Crippen MR) is 109 cm³/mol. The number of aryl methyl sites for hydroxylation is 1. The highest BCUT2D eigenvalue weighted by molar-refractivity contribution is 5.95. The molecular formula is C22H27N3O3. The number of hydrogen-bond donors (Lipinski definition) is 0. The minimum atomic E-state index is 0.121. The molecule has 4 rings (SSSR count). The fourth-order valence-electron chi connectivity index (χ4n) is 3.88. The van der Waals surface area contributed by atoms with Crippen LogP contribution in [0.3, 0.4) is 0 Å². The zero-order valence-electron chi connectivity index (χ0n) is 16.8. The Morgan fingerprint density at radius 2 is 1.75 bits per heavy atom. The van der Waals surface area contributed by atoms with E-state index in [1.807, 2.05) is 43.3 Å². The van der Waals surface area contributed by atoms with E-state index in [4.69, 9.17) is 9.47 Å². The standard InChI is InChI=1S/C22H27N3O3/c1-16-12-18(5-6-19(16)23(2)3)22(26)25-10-8-24(9-11-25)14-17-4-7-20-21(13-17)28-15-27-20/h4-7,12-13H,8-11,14-15H2,1-3H3. The molecule has 2 aliphatic heterocycles. The lowest BCUT2D eigenvalue weighted by Crippen LogP contribution is -2.48. The number of carbonyl (C=O) groups excluding carboxylic acids is 1. The molecule has 0 aromatic heterocycles. The van der Waals surface area contributed by atoms with Crippen molar-refractivity contribution in [3.63, 3.8) is 0 Å². The topological polar surface area (TPSA) is 45.3 Å². The van der Waals surface area contributed by atoms with Crippen LogP contribution in [0.15, 0.2) is 36.4 Å². The Bertz CT molecular complexity index is 873. The quantitative estimate of drug-likeness (QED) is 0.815. The summed E-state index contributed by atoms with van der Waals surface area (Å²) in [6.07, 6.45) is 0.